The van der Waals surface area contributed by atoms with E-state index in [0.717, 1.165) is 27.1 Å². The molecule has 3 rings (SSSR count). The number of fused-ring (bicyclic) bond motifs is 1. The number of amides is 1. The number of aromatic nitrogens is 1. The van der Waals surface area contributed by atoms with Crippen molar-refractivity contribution in [2.45, 2.75) is 18.9 Å². The van der Waals surface area contributed by atoms with Crippen LogP contribution in [-0.4, -0.2) is 16.6 Å². The first-order valence-electron chi connectivity index (χ1n) is 7.97. The molecule has 0 saturated heterocycles. The van der Waals surface area contributed by atoms with E-state index in [1.807, 2.05) is 38.1 Å². The van der Waals surface area contributed by atoms with Crippen molar-refractivity contribution in [3.8, 4) is 6.07 Å². The Kier molecular flexibility index (Phi) is 5.46. The molecule has 6 heteroatoms. The maximum atomic E-state index is 12.2. The van der Waals surface area contributed by atoms with E-state index in [0.29, 0.717) is 16.3 Å². The molecule has 130 valence electrons. The molecule has 0 aliphatic heterocycles. The van der Waals surface area contributed by atoms with E-state index in [1.165, 1.54) is 11.8 Å². The Morgan fingerprint density at radius 2 is 2.04 bits per heavy atom. The molecule has 2 aromatic carbocycles. The summed E-state index contributed by atoms with van der Waals surface area (Å²) < 4.78 is 0. The Labute approximate surface area is 161 Å². The molecule has 0 saturated carbocycles. The van der Waals surface area contributed by atoms with E-state index in [-0.39, 0.29) is 11.7 Å². The van der Waals surface area contributed by atoms with Gasteiger partial charge in [-0.1, -0.05) is 41.6 Å². The van der Waals surface area contributed by atoms with E-state index in [4.69, 9.17) is 16.9 Å². The van der Waals surface area contributed by atoms with Crippen molar-refractivity contribution in [3.63, 3.8) is 0 Å². The lowest BCUT2D eigenvalue weighted by molar-refractivity contribution is -0.113. The van der Waals surface area contributed by atoms with Gasteiger partial charge < -0.3 is 5.32 Å². The Morgan fingerprint density at radius 1 is 1.23 bits per heavy atom. The lowest BCUT2D eigenvalue weighted by Gasteiger charge is -2.09. The molecule has 0 aliphatic rings. The molecule has 1 amide bonds. The first-order valence-corrected chi connectivity index (χ1v) is 9.33. The zero-order chi connectivity index (χ0) is 18.7. The van der Waals surface area contributed by atoms with Crippen molar-refractivity contribution >= 4 is 45.9 Å². The third kappa shape index (κ3) is 3.98. The van der Waals surface area contributed by atoms with Gasteiger partial charge >= 0.3 is 0 Å². The molecule has 1 N–H and O–H groups in total. The van der Waals surface area contributed by atoms with Gasteiger partial charge in [0.05, 0.1) is 26.9 Å². The zero-order valence-corrected chi connectivity index (χ0v) is 15.9. The number of para-hydroxylation sites is 1. The molecule has 0 bridgehead atoms. The maximum absolute atomic E-state index is 12.2. The van der Waals surface area contributed by atoms with E-state index in [2.05, 4.69) is 16.4 Å². The molecule has 1 heterocycles. The highest BCUT2D eigenvalue weighted by Crippen LogP contribution is 2.26. The number of benzene rings is 2. The molecule has 26 heavy (non-hydrogen) atoms. The number of rotatable bonds is 4. The average molecular weight is 382 g/mol. The number of hydrogen-bond acceptors (Lipinski definition) is 4. The van der Waals surface area contributed by atoms with Gasteiger partial charge in [0.2, 0.25) is 5.91 Å². The van der Waals surface area contributed by atoms with Crippen molar-refractivity contribution in [1.82, 2.24) is 4.98 Å². The minimum absolute atomic E-state index is 0.153. The number of carbonyl (C=O) groups excluding carboxylic acids is 1. The fraction of sp³-hybridized carbons (Fsp3) is 0.150. The highest BCUT2D eigenvalue weighted by atomic mass is 35.5. The Bertz CT molecular complexity index is 1040. The van der Waals surface area contributed by atoms with Crippen LogP contribution in [0.1, 0.15) is 16.7 Å². The molecule has 0 spiro atoms. The largest absolute Gasteiger partial charge is 0.325 e. The van der Waals surface area contributed by atoms with Crippen LogP contribution in [0.3, 0.4) is 0 Å². The van der Waals surface area contributed by atoms with Crippen molar-refractivity contribution in [3.05, 3.63) is 64.2 Å². The second kappa shape index (κ2) is 7.77. The predicted molar refractivity (Wildman–Crippen MR) is 107 cm³/mol. The van der Waals surface area contributed by atoms with Crippen LogP contribution >= 0.6 is 23.4 Å². The van der Waals surface area contributed by atoms with E-state index < -0.39 is 0 Å². The van der Waals surface area contributed by atoms with Gasteiger partial charge in [0.1, 0.15) is 6.07 Å². The van der Waals surface area contributed by atoms with Crippen LogP contribution in [0.5, 0.6) is 0 Å². The molecule has 0 fully saturated rings. The number of thioether (sulfide) groups is 1. The number of halogens is 1. The summed E-state index contributed by atoms with van der Waals surface area (Å²) in [5.41, 5.74) is 4.17. The lowest BCUT2D eigenvalue weighted by Crippen LogP contribution is -2.14. The fourth-order valence-corrected chi connectivity index (χ4v) is 3.61. The van der Waals surface area contributed by atoms with Crippen LogP contribution in [-0.2, 0) is 4.79 Å². The number of hydrogen-bond donors (Lipinski definition) is 1. The van der Waals surface area contributed by atoms with Gasteiger partial charge in [0.25, 0.3) is 0 Å². The van der Waals surface area contributed by atoms with Crippen molar-refractivity contribution < 1.29 is 4.79 Å². The minimum Gasteiger partial charge on any atom is -0.325 e. The van der Waals surface area contributed by atoms with Gasteiger partial charge in [-0.15, -0.1) is 0 Å². The summed E-state index contributed by atoms with van der Waals surface area (Å²) in [7, 11) is 0. The number of anilines is 1. The van der Waals surface area contributed by atoms with Crippen LogP contribution in [0.25, 0.3) is 10.9 Å². The summed E-state index contributed by atoms with van der Waals surface area (Å²) in [5.74, 6) is 0.0849. The Balaban J connectivity index is 1.70. The molecule has 0 unspecified atom stereocenters. The first kappa shape index (κ1) is 18.2. The topological polar surface area (TPSA) is 65.8 Å². The second-order valence-corrected chi connectivity index (χ2v) is 7.29. The normalized spacial score (nSPS) is 10.5. The predicted octanol–water partition coefficient (Wildman–Crippen LogP) is 5.11. The average Bonchev–Trinajstić information content (AvgIpc) is 2.61. The van der Waals surface area contributed by atoms with Crippen molar-refractivity contribution in [2.24, 2.45) is 0 Å². The van der Waals surface area contributed by atoms with Crippen LogP contribution in [0.4, 0.5) is 5.69 Å². The lowest BCUT2D eigenvalue weighted by atomic mass is 10.1. The fourth-order valence-electron chi connectivity index (χ4n) is 2.63. The van der Waals surface area contributed by atoms with Crippen LogP contribution in [0, 0.1) is 25.2 Å². The number of aryl methyl sites for hydroxylation is 2. The number of pyridine rings is 1. The van der Waals surface area contributed by atoms with Gasteiger partial charge in [-0.05, 0) is 49.2 Å². The molecular formula is C20H16ClN3OS. The standard InChI is InChI=1S/C20H16ClN3OS/c1-12-4-3-5-16-13(2)8-19(24-20(12)16)26-11-18(25)23-15-7-6-14(10-22)17(21)9-15/h3-9H,11H2,1-2H3,(H,23,25). The van der Waals surface area contributed by atoms with Gasteiger partial charge in [-0.25, -0.2) is 4.98 Å². The van der Waals surface area contributed by atoms with Crippen LogP contribution < -0.4 is 5.32 Å². The minimum atomic E-state index is -0.153. The molecule has 3 aromatic rings. The van der Waals surface area contributed by atoms with E-state index >= 15 is 0 Å². The van der Waals surface area contributed by atoms with E-state index in [9.17, 15) is 4.79 Å². The summed E-state index contributed by atoms with van der Waals surface area (Å²) in [6, 6.07) is 14.9. The summed E-state index contributed by atoms with van der Waals surface area (Å²) in [6.45, 7) is 4.08. The van der Waals surface area contributed by atoms with Gasteiger partial charge in [-0.3, -0.25) is 4.79 Å². The Morgan fingerprint density at radius 3 is 2.77 bits per heavy atom. The van der Waals surface area contributed by atoms with Gasteiger partial charge in [0.15, 0.2) is 0 Å². The van der Waals surface area contributed by atoms with Gasteiger partial charge in [-0.2, -0.15) is 5.26 Å². The summed E-state index contributed by atoms with van der Waals surface area (Å²) in [6.07, 6.45) is 0. The number of nitrogens with zero attached hydrogens (tertiary/aromatic N) is 2. The number of nitrogens with one attached hydrogen (secondary N) is 1. The monoisotopic (exact) mass is 381 g/mol. The maximum Gasteiger partial charge on any atom is 0.234 e. The summed E-state index contributed by atoms with van der Waals surface area (Å²) in [4.78, 5) is 16.9. The van der Waals surface area contributed by atoms with Crippen LogP contribution in [0.2, 0.25) is 5.02 Å². The third-order valence-electron chi connectivity index (χ3n) is 3.95. The van der Waals surface area contributed by atoms with Crippen LogP contribution in [0.15, 0.2) is 47.5 Å². The first-order chi connectivity index (χ1) is 12.5. The van der Waals surface area contributed by atoms with E-state index in [1.54, 1.807) is 18.2 Å². The smallest absolute Gasteiger partial charge is 0.234 e. The number of carbonyl (C=O) groups is 1. The number of nitriles is 1. The molecule has 0 aliphatic carbocycles. The molecule has 1 aromatic heterocycles. The quantitative estimate of drug-likeness (QED) is 0.638. The third-order valence-corrected chi connectivity index (χ3v) is 5.17. The highest BCUT2D eigenvalue weighted by molar-refractivity contribution is 7.99. The summed E-state index contributed by atoms with van der Waals surface area (Å²) in [5, 5.41) is 13.9. The Hall–Kier alpha value is -2.55. The SMILES string of the molecule is Cc1cc(SCC(=O)Nc2ccc(C#N)c(Cl)c2)nc2c(C)cccc12. The molecule has 4 nitrogen and oxygen atoms in total. The van der Waals surface area contributed by atoms with Gasteiger partial charge in [0, 0.05) is 11.1 Å². The van der Waals surface area contributed by atoms with Crippen molar-refractivity contribution in [1.29, 1.82) is 5.26 Å². The van der Waals surface area contributed by atoms with Crippen molar-refractivity contribution in [2.75, 3.05) is 11.1 Å². The zero-order valence-electron chi connectivity index (χ0n) is 14.3. The molecule has 0 radical (unpaired) electrons. The highest BCUT2D eigenvalue weighted by Gasteiger charge is 2.09. The second-order valence-electron chi connectivity index (χ2n) is 5.89. The summed E-state index contributed by atoms with van der Waals surface area (Å²) >= 11 is 7.37. The molecule has 0 atom stereocenters. The molecular weight excluding hydrogens is 366 g/mol.